The van der Waals surface area contributed by atoms with E-state index in [-0.39, 0.29) is 11.6 Å². The van der Waals surface area contributed by atoms with Crippen LogP contribution >= 0.6 is 0 Å². The molecule has 0 saturated heterocycles. The molecular weight excluding hydrogens is 430 g/mol. The van der Waals surface area contributed by atoms with Gasteiger partial charge in [-0.1, -0.05) is 57.2 Å². The molecule has 6 rings (SSSR count). The molecule has 180 valence electrons. The van der Waals surface area contributed by atoms with E-state index >= 15 is 0 Å². The third-order valence-electron chi connectivity index (χ3n) is 8.72. The second-order valence-electron chi connectivity index (χ2n) is 10.7. The Kier molecular flexibility index (Phi) is 5.00. The summed E-state index contributed by atoms with van der Waals surface area (Å²) < 4.78 is 6.28. The van der Waals surface area contributed by atoms with E-state index in [0.29, 0.717) is 17.9 Å². The third kappa shape index (κ3) is 2.89. The van der Waals surface area contributed by atoms with Crippen molar-refractivity contribution in [2.75, 3.05) is 9.80 Å². The van der Waals surface area contributed by atoms with E-state index in [0.717, 1.165) is 46.4 Å². The van der Waals surface area contributed by atoms with Crippen molar-refractivity contribution in [3.8, 4) is 0 Å². The number of anilines is 3. The number of nitrogens with zero attached hydrogens (tertiary/aromatic N) is 3. The quantitative estimate of drug-likeness (QED) is 0.283. The summed E-state index contributed by atoms with van der Waals surface area (Å²) in [5.74, 6) is 1.79. The number of fused-ring (bicyclic) bond motifs is 8. The molecule has 0 aliphatic carbocycles. The molecule has 0 spiro atoms. The largest absolute Gasteiger partial charge is 0.454 e. The van der Waals surface area contributed by atoms with Crippen LogP contribution in [-0.2, 0) is 0 Å². The van der Waals surface area contributed by atoms with Gasteiger partial charge in [0.15, 0.2) is 11.4 Å². The maximum atomic E-state index is 6.28. The molecule has 0 fully saturated rings. The van der Waals surface area contributed by atoms with E-state index in [1.54, 1.807) is 0 Å². The molecule has 2 aliphatic rings. The van der Waals surface area contributed by atoms with Gasteiger partial charge in [0.2, 0.25) is 0 Å². The summed E-state index contributed by atoms with van der Waals surface area (Å²) in [5.41, 5.74) is 6.48. The number of allylic oxidation sites excluding steroid dienone is 1. The Balaban J connectivity index is 1.72. The summed E-state index contributed by atoms with van der Waals surface area (Å²) in [4.78, 5) is 10.5. The van der Waals surface area contributed by atoms with Crippen molar-refractivity contribution in [2.24, 2.45) is 11.3 Å². The van der Waals surface area contributed by atoms with Crippen molar-refractivity contribution < 1.29 is 4.42 Å². The number of hydrogen-bond acceptors (Lipinski definition) is 4. The Hall–Kier alpha value is -3.27. The van der Waals surface area contributed by atoms with Crippen LogP contribution in [0, 0.1) is 11.3 Å². The van der Waals surface area contributed by atoms with Gasteiger partial charge in [0.1, 0.15) is 17.3 Å². The molecule has 2 aromatic carbocycles. The summed E-state index contributed by atoms with van der Waals surface area (Å²) in [6, 6.07) is 19.7. The molecule has 4 atom stereocenters. The topological polar surface area (TPSA) is 32.5 Å². The van der Waals surface area contributed by atoms with E-state index in [1.807, 2.05) is 12.1 Å². The number of benzene rings is 2. The molecule has 4 heteroatoms. The van der Waals surface area contributed by atoms with E-state index in [9.17, 15) is 0 Å². The predicted octanol–water partition coefficient (Wildman–Crippen LogP) is 8.40. The zero-order valence-corrected chi connectivity index (χ0v) is 21.5. The average molecular weight is 466 g/mol. The second kappa shape index (κ2) is 7.87. The Labute approximate surface area is 208 Å². The Morgan fingerprint density at radius 2 is 1.80 bits per heavy atom. The molecule has 0 radical (unpaired) electrons. The third-order valence-corrected chi connectivity index (χ3v) is 8.72. The van der Waals surface area contributed by atoms with Crippen molar-refractivity contribution in [3.05, 3.63) is 72.8 Å². The lowest BCUT2D eigenvalue weighted by Crippen LogP contribution is -2.56. The van der Waals surface area contributed by atoms with Crippen LogP contribution in [0.15, 0.2) is 71.7 Å². The van der Waals surface area contributed by atoms with Crippen LogP contribution in [0.3, 0.4) is 0 Å². The molecule has 4 heterocycles. The minimum Gasteiger partial charge on any atom is -0.454 e. The molecule has 2 aliphatic heterocycles. The Morgan fingerprint density at radius 3 is 2.51 bits per heavy atom. The first-order chi connectivity index (χ1) is 16.9. The maximum Gasteiger partial charge on any atom is 0.159 e. The van der Waals surface area contributed by atoms with Gasteiger partial charge in [0.25, 0.3) is 0 Å². The summed E-state index contributed by atoms with van der Waals surface area (Å²) in [5, 5.41) is 1.07. The van der Waals surface area contributed by atoms with E-state index in [1.165, 1.54) is 11.3 Å². The van der Waals surface area contributed by atoms with Crippen LogP contribution in [0.1, 0.15) is 58.9 Å². The van der Waals surface area contributed by atoms with Crippen molar-refractivity contribution in [1.29, 1.82) is 0 Å². The number of aromatic nitrogens is 1. The highest BCUT2D eigenvalue weighted by molar-refractivity contribution is 6.05. The minimum atomic E-state index is -0.0321. The summed E-state index contributed by atoms with van der Waals surface area (Å²) in [6.07, 6.45) is 4.49. The van der Waals surface area contributed by atoms with E-state index in [4.69, 9.17) is 9.40 Å². The van der Waals surface area contributed by atoms with Crippen LogP contribution in [0.2, 0.25) is 0 Å². The lowest BCUT2D eigenvalue weighted by molar-refractivity contribution is 0.144. The summed E-state index contributed by atoms with van der Waals surface area (Å²) in [7, 11) is 0. The molecule has 35 heavy (non-hydrogen) atoms. The molecule has 4 nitrogen and oxygen atoms in total. The molecule has 0 N–H and O–H groups in total. The van der Waals surface area contributed by atoms with Gasteiger partial charge < -0.3 is 14.2 Å². The number of furan rings is 1. The van der Waals surface area contributed by atoms with Crippen molar-refractivity contribution in [2.45, 2.75) is 65.6 Å². The number of para-hydroxylation sites is 2. The molecule has 0 bridgehead atoms. The van der Waals surface area contributed by atoms with Crippen LogP contribution in [0.4, 0.5) is 17.2 Å². The van der Waals surface area contributed by atoms with Gasteiger partial charge in [-0.05, 0) is 62.3 Å². The fraction of sp³-hybridized carbons (Fsp3) is 0.387. The number of rotatable bonds is 4. The van der Waals surface area contributed by atoms with Crippen LogP contribution in [-0.4, -0.2) is 17.2 Å². The van der Waals surface area contributed by atoms with Crippen LogP contribution in [0.5, 0.6) is 0 Å². The second-order valence-corrected chi connectivity index (χ2v) is 10.7. The molecular formula is C31H35N3O. The first-order valence-electron chi connectivity index (χ1n) is 13.1. The standard InChI is InChI=1S/C31H35N3O/c1-7-20-21-14-10-12-16-24(21)34-29-25(18-27-28(32-29)22-15-11-13-17-26(22)35-27)33(19(4)5)30(34)31(6,9-3)23(20)8-2/h8,10-20,23,30H,2,7,9H2,1,3-6H3. The van der Waals surface area contributed by atoms with E-state index < -0.39 is 0 Å². The van der Waals surface area contributed by atoms with Gasteiger partial charge >= 0.3 is 0 Å². The SMILES string of the molecule is C=CC1C(CC)c2ccccc2N2c3nc4c(cc3N(C(C)C)C2C1(C)CC)oc1ccccc14. The molecule has 2 aromatic heterocycles. The average Bonchev–Trinajstić information content (AvgIpc) is 3.38. The molecule has 4 aromatic rings. The van der Waals surface area contributed by atoms with Crippen molar-refractivity contribution in [3.63, 3.8) is 0 Å². The summed E-state index contributed by atoms with van der Waals surface area (Å²) in [6.45, 7) is 16.1. The van der Waals surface area contributed by atoms with Gasteiger partial charge in [-0.15, -0.1) is 6.58 Å². The number of pyridine rings is 1. The van der Waals surface area contributed by atoms with Gasteiger partial charge in [-0.25, -0.2) is 4.98 Å². The van der Waals surface area contributed by atoms with Crippen LogP contribution < -0.4 is 9.80 Å². The highest BCUT2D eigenvalue weighted by atomic mass is 16.3. The predicted molar refractivity (Wildman–Crippen MR) is 147 cm³/mol. The smallest absolute Gasteiger partial charge is 0.159 e. The zero-order chi connectivity index (χ0) is 24.5. The van der Waals surface area contributed by atoms with Crippen molar-refractivity contribution in [1.82, 2.24) is 4.98 Å². The first-order valence-corrected chi connectivity index (χ1v) is 13.1. The Bertz CT molecular complexity index is 1440. The van der Waals surface area contributed by atoms with Crippen LogP contribution in [0.25, 0.3) is 22.1 Å². The van der Waals surface area contributed by atoms with Gasteiger partial charge in [-0.2, -0.15) is 0 Å². The molecule has 0 saturated carbocycles. The minimum absolute atomic E-state index is 0.0321. The zero-order valence-electron chi connectivity index (χ0n) is 21.5. The lowest BCUT2D eigenvalue weighted by atomic mass is 9.65. The monoisotopic (exact) mass is 465 g/mol. The molecule has 0 amide bonds. The van der Waals surface area contributed by atoms with Gasteiger partial charge in [-0.3, -0.25) is 0 Å². The van der Waals surface area contributed by atoms with Gasteiger partial charge in [0.05, 0.1) is 5.69 Å². The van der Waals surface area contributed by atoms with Gasteiger partial charge in [0, 0.05) is 28.6 Å². The lowest BCUT2D eigenvalue weighted by Gasteiger charge is -2.49. The fourth-order valence-corrected chi connectivity index (χ4v) is 6.95. The summed E-state index contributed by atoms with van der Waals surface area (Å²) >= 11 is 0. The number of hydrogen-bond donors (Lipinski definition) is 0. The van der Waals surface area contributed by atoms with Crippen molar-refractivity contribution >= 4 is 39.3 Å². The maximum absolute atomic E-state index is 6.28. The Morgan fingerprint density at radius 1 is 1.06 bits per heavy atom. The highest BCUT2D eigenvalue weighted by Crippen LogP contribution is 2.60. The molecule has 4 unspecified atom stereocenters. The highest BCUT2D eigenvalue weighted by Gasteiger charge is 2.55. The normalized spacial score (nSPS) is 25.6. The van der Waals surface area contributed by atoms with E-state index in [2.05, 4.69) is 99.5 Å². The first kappa shape index (κ1) is 22.2. The fourth-order valence-electron chi connectivity index (χ4n) is 6.95.